The van der Waals surface area contributed by atoms with Gasteiger partial charge in [-0.2, -0.15) is 5.10 Å². The zero-order chi connectivity index (χ0) is 21.8. The lowest BCUT2D eigenvalue weighted by Crippen LogP contribution is -2.49. The molecule has 0 spiro atoms. The lowest BCUT2D eigenvalue weighted by molar-refractivity contribution is -0.116. The summed E-state index contributed by atoms with van der Waals surface area (Å²) in [7, 11) is 0. The summed E-state index contributed by atoms with van der Waals surface area (Å²) in [5.74, 6) is 0.640. The molecule has 4 rings (SSSR count). The second-order valence-corrected chi connectivity index (χ2v) is 7.78. The number of hydrogen-bond donors (Lipinski definition) is 0. The van der Waals surface area contributed by atoms with E-state index in [-0.39, 0.29) is 6.17 Å². The molecule has 0 radical (unpaired) electrons. The highest BCUT2D eigenvalue weighted by Crippen LogP contribution is 2.32. The summed E-state index contributed by atoms with van der Waals surface area (Å²) in [4.78, 5) is 20.9. The van der Waals surface area contributed by atoms with Gasteiger partial charge in [-0.1, -0.05) is 18.2 Å². The molecule has 1 atom stereocenters. The minimum Gasteiger partial charge on any atom is -0.478 e. The molecule has 1 aliphatic heterocycles. The zero-order valence-electron chi connectivity index (χ0n) is 18.4. The summed E-state index contributed by atoms with van der Waals surface area (Å²) in [6.45, 7) is 9.76. The van der Waals surface area contributed by atoms with E-state index in [9.17, 15) is 4.79 Å². The Morgan fingerprint density at radius 2 is 1.87 bits per heavy atom. The standard InChI is InChI=1S/C24H29N5O2/c1-4-31-23-10-9-20(16-25-23)21-7-5-6-8-22(21)27-11-13-28(14-12-27)24(17-30)29-19(3)15-18(2)26-29/h5-10,15-17,24H,4,11-14H2,1-3H3. The molecule has 0 aliphatic carbocycles. The van der Waals surface area contributed by atoms with Gasteiger partial charge in [0, 0.05) is 61.0 Å². The van der Waals surface area contributed by atoms with E-state index in [0.717, 1.165) is 55.0 Å². The monoisotopic (exact) mass is 419 g/mol. The van der Waals surface area contributed by atoms with Crippen molar-refractivity contribution in [2.45, 2.75) is 26.9 Å². The average molecular weight is 420 g/mol. The number of carbonyl (C=O) groups excluding carboxylic acids is 1. The Hall–Kier alpha value is -3.19. The third-order valence-electron chi connectivity index (χ3n) is 5.69. The molecule has 1 unspecified atom stereocenters. The van der Waals surface area contributed by atoms with Crippen molar-refractivity contribution < 1.29 is 9.53 Å². The molecule has 0 bridgehead atoms. The number of hydrogen-bond acceptors (Lipinski definition) is 6. The highest BCUT2D eigenvalue weighted by molar-refractivity contribution is 5.78. The Bertz CT molecular complexity index is 1020. The fourth-order valence-electron chi connectivity index (χ4n) is 4.21. The van der Waals surface area contributed by atoms with Gasteiger partial charge >= 0.3 is 0 Å². The Morgan fingerprint density at radius 3 is 2.48 bits per heavy atom. The van der Waals surface area contributed by atoms with Crippen molar-refractivity contribution in [3.05, 3.63) is 60.0 Å². The van der Waals surface area contributed by atoms with Crippen LogP contribution >= 0.6 is 0 Å². The van der Waals surface area contributed by atoms with Crippen molar-refractivity contribution in [1.29, 1.82) is 0 Å². The van der Waals surface area contributed by atoms with Gasteiger partial charge in [0.25, 0.3) is 0 Å². The summed E-state index contributed by atoms with van der Waals surface area (Å²) in [5.41, 5.74) is 5.33. The summed E-state index contributed by atoms with van der Waals surface area (Å²) in [6, 6.07) is 14.4. The van der Waals surface area contributed by atoms with Crippen LogP contribution in [0.2, 0.25) is 0 Å². The van der Waals surface area contributed by atoms with Crippen molar-refractivity contribution in [1.82, 2.24) is 19.7 Å². The van der Waals surface area contributed by atoms with Crippen molar-refractivity contribution in [2.24, 2.45) is 0 Å². The molecule has 0 N–H and O–H groups in total. The van der Waals surface area contributed by atoms with Crippen LogP contribution in [0.1, 0.15) is 24.5 Å². The third-order valence-corrected chi connectivity index (χ3v) is 5.69. The minimum absolute atomic E-state index is 0.360. The van der Waals surface area contributed by atoms with Crippen molar-refractivity contribution in [3.8, 4) is 17.0 Å². The molecule has 0 amide bonds. The number of pyridine rings is 1. The maximum absolute atomic E-state index is 11.9. The maximum atomic E-state index is 11.9. The van der Waals surface area contributed by atoms with E-state index in [1.54, 1.807) is 0 Å². The smallest absolute Gasteiger partial charge is 0.213 e. The van der Waals surface area contributed by atoms with Gasteiger partial charge in [-0.05, 0) is 39.0 Å². The Labute approximate surface area is 183 Å². The topological polar surface area (TPSA) is 63.5 Å². The van der Waals surface area contributed by atoms with Gasteiger partial charge in [-0.3, -0.25) is 9.69 Å². The Kier molecular flexibility index (Phi) is 6.32. The molecule has 31 heavy (non-hydrogen) atoms. The van der Waals surface area contributed by atoms with Crippen LogP contribution in [0.3, 0.4) is 0 Å². The van der Waals surface area contributed by atoms with Crippen LogP contribution in [-0.4, -0.2) is 58.7 Å². The minimum atomic E-state index is -0.360. The zero-order valence-corrected chi connectivity index (χ0v) is 18.4. The van der Waals surface area contributed by atoms with E-state index < -0.39 is 0 Å². The van der Waals surface area contributed by atoms with Crippen LogP contribution in [0.15, 0.2) is 48.7 Å². The van der Waals surface area contributed by atoms with Crippen molar-refractivity contribution in [2.75, 3.05) is 37.7 Å². The quantitative estimate of drug-likeness (QED) is 0.547. The lowest BCUT2D eigenvalue weighted by atomic mass is 10.0. The third kappa shape index (κ3) is 4.46. The van der Waals surface area contributed by atoms with E-state index in [1.807, 2.05) is 43.8 Å². The first kappa shape index (κ1) is 21.1. The number of para-hydroxylation sites is 1. The predicted octanol–water partition coefficient (Wildman–Crippen LogP) is 3.48. The van der Waals surface area contributed by atoms with E-state index >= 15 is 0 Å². The van der Waals surface area contributed by atoms with Gasteiger partial charge in [-0.25, -0.2) is 9.67 Å². The average Bonchev–Trinajstić information content (AvgIpc) is 3.13. The van der Waals surface area contributed by atoms with Gasteiger partial charge in [0.1, 0.15) is 0 Å². The molecule has 7 heteroatoms. The lowest BCUT2D eigenvalue weighted by Gasteiger charge is -2.39. The van der Waals surface area contributed by atoms with Gasteiger partial charge in [0.15, 0.2) is 12.5 Å². The highest BCUT2D eigenvalue weighted by atomic mass is 16.5. The number of benzene rings is 1. The molecule has 3 heterocycles. The van der Waals surface area contributed by atoms with Crippen LogP contribution < -0.4 is 9.64 Å². The predicted molar refractivity (Wildman–Crippen MR) is 121 cm³/mol. The molecular weight excluding hydrogens is 390 g/mol. The molecule has 1 aliphatic rings. The summed E-state index contributed by atoms with van der Waals surface area (Å²) >= 11 is 0. The largest absolute Gasteiger partial charge is 0.478 e. The molecule has 1 aromatic carbocycles. The SMILES string of the molecule is CCOc1ccc(-c2ccccc2N2CCN(C(C=O)n3nc(C)cc3C)CC2)cn1. The summed E-state index contributed by atoms with van der Waals surface area (Å²) < 4.78 is 7.30. The molecule has 7 nitrogen and oxygen atoms in total. The number of aryl methyl sites for hydroxylation is 2. The van der Waals surface area contributed by atoms with Crippen LogP contribution in [0.5, 0.6) is 5.88 Å². The van der Waals surface area contributed by atoms with E-state index in [0.29, 0.717) is 12.5 Å². The molecular formula is C24H29N5O2. The van der Waals surface area contributed by atoms with Gasteiger partial charge < -0.3 is 9.64 Å². The highest BCUT2D eigenvalue weighted by Gasteiger charge is 2.27. The normalized spacial score (nSPS) is 15.6. The van der Waals surface area contributed by atoms with Crippen LogP contribution in [0, 0.1) is 13.8 Å². The Balaban J connectivity index is 1.50. The number of ether oxygens (including phenoxy) is 1. The number of anilines is 1. The molecule has 1 fully saturated rings. The van der Waals surface area contributed by atoms with Crippen molar-refractivity contribution in [3.63, 3.8) is 0 Å². The number of piperazine rings is 1. The number of nitrogens with zero attached hydrogens (tertiary/aromatic N) is 5. The van der Waals surface area contributed by atoms with Crippen molar-refractivity contribution >= 4 is 12.0 Å². The molecule has 2 aromatic heterocycles. The fraction of sp³-hybridized carbons (Fsp3) is 0.375. The first-order valence-corrected chi connectivity index (χ1v) is 10.8. The second kappa shape index (κ2) is 9.31. The maximum Gasteiger partial charge on any atom is 0.213 e. The number of carbonyl (C=O) groups is 1. The summed E-state index contributed by atoms with van der Waals surface area (Å²) in [6.07, 6.45) is 2.50. The number of aldehydes is 1. The van der Waals surface area contributed by atoms with Gasteiger partial charge in [0.2, 0.25) is 5.88 Å². The Morgan fingerprint density at radius 1 is 1.10 bits per heavy atom. The first-order valence-electron chi connectivity index (χ1n) is 10.8. The van der Waals surface area contributed by atoms with E-state index in [4.69, 9.17) is 4.74 Å². The molecule has 3 aromatic rings. The number of rotatable bonds is 7. The second-order valence-electron chi connectivity index (χ2n) is 7.78. The van der Waals surface area contributed by atoms with Crippen LogP contribution in [0.4, 0.5) is 5.69 Å². The molecule has 162 valence electrons. The van der Waals surface area contributed by atoms with E-state index in [1.165, 1.54) is 5.69 Å². The number of aromatic nitrogens is 3. The molecule has 0 saturated carbocycles. The van der Waals surface area contributed by atoms with Gasteiger partial charge in [0.05, 0.1) is 12.3 Å². The van der Waals surface area contributed by atoms with Crippen LogP contribution in [-0.2, 0) is 4.79 Å². The van der Waals surface area contributed by atoms with Crippen LogP contribution in [0.25, 0.3) is 11.1 Å². The van der Waals surface area contributed by atoms with Gasteiger partial charge in [-0.15, -0.1) is 0 Å². The van der Waals surface area contributed by atoms with E-state index in [2.05, 4.69) is 50.2 Å². The fourth-order valence-corrected chi connectivity index (χ4v) is 4.21. The molecule has 1 saturated heterocycles. The first-order chi connectivity index (χ1) is 15.1. The summed E-state index contributed by atoms with van der Waals surface area (Å²) in [5, 5.41) is 4.52.